The number of aromatic nitrogens is 1. The number of alkyl halides is 6. The second kappa shape index (κ2) is 15.8. The number of halogens is 8. The van der Waals surface area contributed by atoms with Gasteiger partial charge in [-0.2, -0.15) is 26.3 Å². The van der Waals surface area contributed by atoms with Gasteiger partial charge in [-0.05, 0) is 53.3 Å². The van der Waals surface area contributed by atoms with Crippen molar-refractivity contribution in [3.8, 4) is 0 Å². The molecule has 1 saturated heterocycles. The summed E-state index contributed by atoms with van der Waals surface area (Å²) in [6.07, 6.45) is -9.52. The Balaban J connectivity index is 1.38. The summed E-state index contributed by atoms with van der Waals surface area (Å²) in [5.74, 6) is -3.76. The Labute approximate surface area is 265 Å². The number of ether oxygens (including phenoxy) is 2. The molecule has 0 aliphatic carbocycles. The maximum atomic E-state index is 14.9. The first-order valence-electron chi connectivity index (χ1n) is 14.8. The molecule has 0 bridgehead atoms. The molecular formula is C33H32F8N2O4. The van der Waals surface area contributed by atoms with Gasteiger partial charge in [0.15, 0.2) is 0 Å². The van der Waals surface area contributed by atoms with Crippen molar-refractivity contribution in [1.82, 2.24) is 10.3 Å². The SMILES string of the molecule is O=C(Cc1cncc(F)c1CC[C@@H]1CN[C@H](COC(=O)CCC(F)(F)F)CO1)C[C@@H](c1ccc(F)cc1)c1ccccc1C(F)(F)F. The first kappa shape index (κ1) is 35.9. The van der Waals surface area contributed by atoms with Gasteiger partial charge < -0.3 is 14.8 Å². The van der Waals surface area contributed by atoms with E-state index in [0.717, 1.165) is 24.4 Å². The predicted octanol–water partition coefficient (Wildman–Crippen LogP) is 6.89. The Morgan fingerprint density at radius 2 is 1.72 bits per heavy atom. The maximum absolute atomic E-state index is 14.9. The number of Topliss-reactive ketones (excluding diaryl/α,β-unsaturated/α-hetero) is 1. The summed E-state index contributed by atoms with van der Waals surface area (Å²) >= 11 is 0. The van der Waals surface area contributed by atoms with E-state index in [-0.39, 0.29) is 55.7 Å². The highest BCUT2D eigenvalue weighted by Crippen LogP contribution is 2.39. The maximum Gasteiger partial charge on any atom is 0.416 e. The molecule has 4 rings (SSSR count). The lowest BCUT2D eigenvalue weighted by Gasteiger charge is -2.30. The van der Waals surface area contributed by atoms with Crippen LogP contribution in [0.5, 0.6) is 0 Å². The molecule has 0 saturated carbocycles. The third-order valence-corrected chi connectivity index (χ3v) is 7.77. The minimum absolute atomic E-state index is 0.0889. The molecule has 254 valence electrons. The van der Waals surface area contributed by atoms with Crippen molar-refractivity contribution in [2.24, 2.45) is 0 Å². The second-order valence-corrected chi connectivity index (χ2v) is 11.3. The number of pyridine rings is 1. The van der Waals surface area contributed by atoms with E-state index in [1.54, 1.807) is 0 Å². The van der Waals surface area contributed by atoms with Gasteiger partial charge in [0.05, 0.1) is 43.4 Å². The highest BCUT2D eigenvalue weighted by Gasteiger charge is 2.36. The van der Waals surface area contributed by atoms with Gasteiger partial charge in [0.25, 0.3) is 0 Å². The Kier molecular flexibility index (Phi) is 12.1. The second-order valence-electron chi connectivity index (χ2n) is 11.3. The minimum atomic E-state index is -4.70. The molecule has 47 heavy (non-hydrogen) atoms. The smallest absolute Gasteiger partial charge is 0.416 e. The number of carbonyl (C=O) groups excluding carboxylic acids is 2. The molecule has 2 heterocycles. The van der Waals surface area contributed by atoms with E-state index in [2.05, 4.69) is 10.3 Å². The molecule has 1 aliphatic rings. The quantitative estimate of drug-likeness (QED) is 0.158. The first-order valence-corrected chi connectivity index (χ1v) is 14.8. The largest absolute Gasteiger partial charge is 0.464 e. The molecule has 3 aromatic rings. The lowest BCUT2D eigenvalue weighted by molar-refractivity contribution is -0.158. The Morgan fingerprint density at radius 3 is 2.38 bits per heavy atom. The van der Waals surface area contributed by atoms with E-state index in [4.69, 9.17) is 9.47 Å². The van der Waals surface area contributed by atoms with Crippen LogP contribution in [0.4, 0.5) is 35.1 Å². The van der Waals surface area contributed by atoms with E-state index >= 15 is 0 Å². The average molecular weight is 673 g/mol. The van der Waals surface area contributed by atoms with Gasteiger partial charge >= 0.3 is 18.3 Å². The normalized spacial score (nSPS) is 17.7. The summed E-state index contributed by atoms with van der Waals surface area (Å²) in [6.45, 7) is 0.191. The van der Waals surface area contributed by atoms with Gasteiger partial charge in [-0.25, -0.2) is 8.78 Å². The average Bonchev–Trinajstić information content (AvgIpc) is 3.01. The van der Waals surface area contributed by atoms with Crippen LogP contribution in [0.1, 0.15) is 59.4 Å². The third kappa shape index (κ3) is 10.8. The van der Waals surface area contributed by atoms with Crippen molar-refractivity contribution in [3.63, 3.8) is 0 Å². The number of hydrogen-bond donors (Lipinski definition) is 1. The molecule has 2 aromatic carbocycles. The molecule has 1 N–H and O–H groups in total. The van der Waals surface area contributed by atoms with E-state index < -0.39 is 72.2 Å². The van der Waals surface area contributed by atoms with Crippen LogP contribution in [0, 0.1) is 11.6 Å². The number of morpholine rings is 1. The summed E-state index contributed by atoms with van der Waals surface area (Å²) in [7, 11) is 0. The van der Waals surface area contributed by atoms with Crippen LogP contribution in [-0.4, -0.2) is 54.8 Å². The lowest BCUT2D eigenvalue weighted by atomic mass is 9.83. The van der Waals surface area contributed by atoms with Crippen LogP contribution in [0.15, 0.2) is 60.9 Å². The molecule has 6 nitrogen and oxygen atoms in total. The number of nitrogens with one attached hydrogen (secondary N) is 1. The van der Waals surface area contributed by atoms with Gasteiger partial charge in [0.2, 0.25) is 0 Å². The number of ketones is 1. The van der Waals surface area contributed by atoms with E-state index in [0.29, 0.717) is 12.0 Å². The van der Waals surface area contributed by atoms with Crippen LogP contribution < -0.4 is 5.32 Å². The molecule has 1 aromatic heterocycles. The number of nitrogens with zero attached hydrogens (tertiary/aromatic N) is 1. The van der Waals surface area contributed by atoms with Gasteiger partial charge in [-0.1, -0.05) is 30.3 Å². The van der Waals surface area contributed by atoms with Crippen molar-refractivity contribution in [2.75, 3.05) is 19.8 Å². The monoisotopic (exact) mass is 672 g/mol. The molecule has 0 amide bonds. The van der Waals surface area contributed by atoms with Gasteiger partial charge in [0.1, 0.15) is 24.0 Å². The van der Waals surface area contributed by atoms with Gasteiger partial charge in [-0.3, -0.25) is 14.6 Å². The zero-order chi connectivity index (χ0) is 34.2. The Hall–Kier alpha value is -3.91. The third-order valence-electron chi connectivity index (χ3n) is 7.77. The standard InChI is InChI=1S/C33H32F8N2O4/c34-22-7-5-20(6-8-22)28(27-3-1-2-4-29(27)33(39,40)41)14-24(44)13-21-15-42-17-30(35)26(21)10-9-25-16-43-23(18-46-25)19-47-31(45)11-12-32(36,37)38/h1-8,15,17,23,25,28,43H,9-14,16,18-19H2/t23-,25+,28-/m0/s1. The fourth-order valence-corrected chi connectivity index (χ4v) is 5.38. The molecule has 3 atom stereocenters. The van der Waals surface area contributed by atoms with Crippen LogP contribution in [0.2, 0.25) is 0 Å². The number of hydrogen-bond acceptors (Lipinski definition) is 6. The van der Waals surface area contributed by atoms with Crippen molar-refractivity contribution in [1.29, 1.82) is 0 Å². The fraction of sp³-hybridized carbons (Fsp3) is 0.424. The molecule has 14 heteroatoms. The molecule has 0 spiro atoms. The molecule has 1 aliphatic heterocycles. The zero-order valence-corrected chi connectivity index (χ0v) is 25.0. The van der Waals surface area contributed by atoms with Crippen LogP contribution in [0.3, 0.4) is 0 Å². The summed E-state index contributed by atoms with van der Waals surface area (Å²) in [5, 5.41) is 3.08. The number of esters is 1. The summed E-state index contributed by atoms with van der Waals surface area (Å²) < 4.78 is 118. The van der Waals surface area contributed by atoms with Gasteiger partial charge in [0, 0.05) is 31.5 Å². The zero-order valence-electron chi connectivity index (χ0n) is 25.0. The minimum Gasteiger partial charge on any atom is -0.464 e. The summed E-state index contributed by atoms with van der Waals surface area (Å²) in [6, 6.07) is 9.29. The van der Waals surface area contributed by atoms with Crippen LogP contribution in [0.25, 0.3) is 0 Å². The predicted molar refractivity (Wildman–Crippen MR) is 153 cm³/mol. The Morgan fingerprint density at radius 1 is 1.00 bits per heavy atom. The van der Waals surface area contributed by atoms with E-state index in [1.807, 2.05) is 0 Å². The van der Waals surface area contributed by atoms with Crippen LogP contribution in [-0.2, 0) is 38.1 Å². The number of benzene rings is 2. The highest BCUT2D eigenvalue weighted by molar-refractivity contribution is 5.82. The Bertz CT molecular complexity index is 1500. The lowest BCUT2D eigenvalue weighted by Crippen LogP contribution is -2.49. The van der Waals surface area contributed by atoms with Crippen molar-refractivity contribution in [2.45, 2.75) is 68.9 Å². The topological polar surface area (TPSA) is 77.5 Å². The van der Waals surface area contributed by atoms with Crippen LogP contribution >= 0.6 is 0 Å². The number of rotatable bonds is 13. The van der Waals surface area contributed by atoms with Crippen molar-refractivity contribution >= 4 is 11.8 Å². The van der Waals surface area contributed by atoms with Crippen molar-refractivity contribution < 1.29 is 54.2 Å². The van der Waals surface area contributed by atoms with Crippen molar-refractivity contribution in [3.05, 3.63) is 100 Å². The number of carbonyl (C=O) groups is 2. The van der Waals surface area contributed by atoms with E-state index in [9.17, 15) is 44.7 Å². The molecular weight excluding hydrogens is 640 g/mol. The summed E-state index contributed by atoms with van der Waals surface area (Å²) in [5.41, 5.74) is -0.284. The van der Waals surface area contributed by atoms with E-state index in [1.165, 1.54) is 36.5 Å². The first-order chi connectivity index (χ1) is 22.2. The molecule has 0 radical (unpaired) electrons. The fourth-order valence-electron chi connectivity index (χ4n) is 5.38. The summed E-state index contributed by atoms with van der Waals surface area (Å²) in [4.78, 5) is 28.8. The molecule has 1 fully saturated rings. The molecule has 0 unspecified atom stereocenters. The highest BCUT2D eigenvalue weighted by atomic mass is 19.4. The van der Waals surface area contributed by atoms with Gasteiger partial charge in [-0.15, -0.1) is 0 Å².